The smallest absolute Gasteiger partial charge is 0.130 e. The van der Waals surface area contributed by atoms with E-state index in [1.54, 1.807) is 0 Å². The summed E-state index contributed by atoms with van der Waals surface area (Å²) in [5.41, 5.74) is 1.62. The summed E-state index contributed by atoms with van der Waals surface area (Å²) in [5.74, 6) is 1.16. The van der Waals surface area contributed by atoms with Crippen LogP contribution in [0.3, 0.4) is 0 Å². The summed E-state index contributed by atoms with van der Waals surface area (Å²) in [7, 11) is 2.11. The zero-order chi connectivity index (χ0) is 10.2. The van der Waals surface area contributed by atoms with Gasteiger partial charge in [0.2, 0.25) is 0 Å². The van der Waals surface area contributed by atoms with Crippen molar-refractivity contribution in [3.63, 3.8) is 0 Å². The summed E-state index contributed by atoms with van der Waals surface area (Å²) in [6, 6.07) is 0. The van der Waals surface area contributed by atoms with E-state index in [2.05, 4.69) is 49.0 Å². The van der Waals surface area contributed by atoms with Crippen LogP contribution in [0.1, 0.15) is 20.3 Å². The van der Waals surface area contributed by atoms with Crippen molar-refractivity contribution >= 4 is 5.84 Å². The lowest BCUT2D eigenvalue weighted by Crippen LogP contribution is -2.25. The van der Waals surface area contributed by atoms with E-state index in [1.807, 2.05) is 0 Å². The topological polar surface area (TPSA) is 15.6 Å². The molecule has 0 bridgehead atoms. The molecule has 1 aliphatic carbocycles. The Morgan fingerprint density at radius 2 is 2.21 bits per heavy atom. The maximum Gasteiger partial charge on any atom is 0.130 e. The second-order valence-electron chi connectivity index (χ2n) is 4.81. The molecule has 0 aromatic heterocycles. The molecule has 0 saturated heterocycles. The number of likely N-dealkylation sites (N-methyl/N-ethyl adjacent to an activating group) is 1. The molecule has 2 nitrogen and oxygen atoms in total. The first-order valence-corrected chi connectivity index (χ1v) is 5.24. The predicted molar refractivity (Wildman–Crippen MR) is 60.6 cm³/mol. The molecule has 0 fully saturated rings. The van der Waals surface area contributed by atoms with E-state index in [1.165, 1.54) is 5.57 Å². The quantitative estimate of drug-likeness (QED) is 0.619. The van der Waals surface area contributed by atoms with Gasteiger partial charge in [-0.15, -0.1) is 0 Å². The van der Waals surface area contributed by atoms with Gasteiger partial charge in [-0.3, -0.25) is 4.99 Å². The van der Waals surface area contributed by atoms with Crippen molar-refractivity contribution in [1.29, 1.82) is 0 Å². The van der Waals surface area contributed by atoms with Gasteiger partial charge in [0.25, 0.3) is 0 Å². The van der Waals surface area contributed by atoms with Crippen LogP contribution < -0.4 is 0 Å². The Labute approximate surface area is 86.0 Å². The van der Waals surface area contributed by atoms with Gasteiger partial charge in [0.15, 0.2) is 0 Å². The highest BCUT2D eigenvalue weighted by molar-refractivity contribution is 6.01. The summed E-state index contributed by atoms with van der Waals surface area (Å²) >= 11 is 0. The van der Waals surface area contributed by atoms with Gasteiger partial charge in [0, 0.05) is 19.2 Å². The maximum absolute atomic E-state index is 4.51. The third kappa shape index (κ3) is 1.74. The Hall–Kier alpha value is -1.05. The van der Waals surface area contributed by atoms with Crippen LogP contribution in [0, 0.1) is 5.41 Å². The average molecular weight is 190 g/mol. The number of aliphatic imine (C=N–C) groups is 1. The monoisotopic (exact) mass is 190 g/mol. The molecule has 76 valence electrons. The van der Waals surface area contributed by atoms with Gasteiger partial charge in [-0.25, -0.2) is 0 Å². The van der Waals surface area contributed by atoms with Crippen molar-refractivity contribution in [3.05, 3.63) is 23.8 Å². The average Bonchev–Trinajstić information content (AvgIpc) is 2.52. The fourth-order valence-electron chi connectivity index (χ4n) is 1.83. The van der Waals surface area contributed by atoms with Crippen molar-refractivity contribution in [1.82, 2.24) is 4.90 Å². The number of rotatable bonds is 1. The maximum atomic E-state index is 4.51. The van der Waals surface area contributed by atoms with E-state index in [0.717, 1.165) is 25.3 Å². The van der Waals surface area contributed by atoms with Crippen molar-refractivity contribution in [3.8, 4) is 0 Å². The number of amidine groups is 1. The fourth-order valence-corrected chi connectivity index (χ4v) is 1.83. The first-order chi connectivity index (χ1) is 6.58. The van der Waals surface area contributed by atoms with Gasteiger partial charge in [0.05, 0.1) is 6.54 Å². The van der Waals surface area contributed by atoms with Crippen molar-refractivity contribution in [2.45, 2.75) is 20.3 Å². The molecule has 2 rings (SSSR count). The minimum atomic E-state index is 0.321. The molecule has 0 spiro atoms. The second kappa shape index (κ2) is 3.26. The molecule has 0 unspecified atom stereocenters. The van der Waals surface area contributed by atoms with Crippen LogP contribution in [0.4, 0.5) is 0 Å². The van der Waals surface area contributed by atoms with E-state index in [4.69, 9.17) is 0 Å². The number of hydrogen-bond donors (Lipinski definition) is 0. The summed E-state index contributed by atoms with van der Waals surface area (Å²) in [4.78, 5) is 6.74. The van der Waals surface area contributed by atoms with Crippen molar-refractivity contribution in [2.75, 3.05) is 20.1 Å². The Bertz CT molecular complexity index is 321. The molecular formula is C12H18N2. The normalized spacial score (nSPS) is 24.9. The van der Waals surface area contributed by atoms with Gasteiger partial charge in [0.1, 0.15) is 5.84 Å². The minimum Gasteiger partial charge on any atom is -0.358 e. The first-order valence-electron chi connectivity index (χ1n) is 5.24. The van der Waals surface area contributed by atoms with Crippen molar-refractivity contribution < 1.29 is 0 Å². The molecule has 0 aromatic carbocycles. The van der Waals surface area contributed by atoms with Crippen LogP contribution in [-0.4, -0.2) is 30.9 Å². The van der Waals surface area contributed by atoms with Gasteiger partial charge in [-0.2, -0.15) is 0 Å². The molecular weight excluding hydrogens is 172 g/mol. The van der Waals surface area contributed by atoms with E-state index < -0.39 is 0 Å². The van der Waals surface area contributed by atoms with Gasteiger partial charge in [-0.1, -0.05) is 32.1 Å². The van der Waals surface area contributed by atoms with Gasteiger partial charge < -0.3 is 4.90 Å². The Morgan fingerprint density at radius 3 is 2.71 bits per heavy atom. The second-order valence-corrected chi connectivity index (χ2v) is 4.81. The third-order valence-electron chi connectivity index (χ3n) is 2.88. The van der Waals surface area contributed by atoms with Crippen LogP contribution in [0.5, 0.6) is 0 Å². The lowest BCUT2D eigenvalue weighted by Gasteiger charge is -2.24. The van der Waals surface area contributed by atoms with Crippen molar-refractivity contribution in [2.24, 2.45) is 10.4 Å². The standard InChI is InChI=1S/C12H18N2/c1-12(2)6-4-10(5-7-12)11-13-8-9-14(11)3/h4-6H,7-9H2,1-3H3. The first kappa shape index (κ1) is 9.50. The molecule has 0 aromatic rings. The largest absolute Gasteiger partial charge is 0.358 e. The van der Waals surface area contributed by atoms with Gasteiger partial charge in [-0.05, 0) is 11.8 Å². The Balaban J connectivity index is 2.16. The minimum absolute atomic E-state index is 0.321. The molecule has 1 aliphatic heterocycles. The molecule has 0 radical (unpaired) electrons. The molecule has 0 saturated carbocycles. The van der Waals surface area contributed by atoms with Gasteiger partial charge >= 0.3 is 0 Å². The SMILES string of the molecule is CN1CCN=C1C1=CCC(C)(C)C=C1. The highest BCUT2D eigenvalue weighted by Gasteiger charge is 2.21. The van der Waals surface area contributed by atoms with Crippen LogP contribution in [0.2, 0.25) is 0 Å². The Kier molecular flexibility index (Phi) is 2.22. The molecule has 0 amide bonds. The zero-order valence-electron chi connectivity index (χ0n) is 9.25. The van der Waals surface area contributed by atoms with E-state index in [0.29, 0.717) is 5.41 Å². The summed E-state index contributed by atoms with van der Waals surface area (Å²) in [5, 5.41) is 0. The molecule has 14 heavy (non-hydrogen) atoms. The number of hydrogen-bond acceptors (Lipinski definition) is 2. The molecule has 1 heterocycles. The highest BCUT2D eigenvalue weighted by Crippen LogP contribution is 2.29. The number of allylic oxidation sites excluding steroid dienone is 2. The molecule has 0 atom stereocenters. The lowest BCUT2D eigenvalue weighted by atomic mass is 9.84. The number of nitrogens with zero attached hydrogens (tertiary/aromatic N) is 2. The van der Waals surface area contributed by atoms with E-state index in [9.17, 15) is 0 Å². The Morgan fingerprint density at radius 1 is 1.43 bits per heavy atom. The van der Waals surface area contributed by atoms with Crippen LogP contribution in [0.25, 0.3) is 0 Å². The lowest BCUT2D eigenvalue weighted by molar-refractivity contribution is 0.482. The highest BCUT2D eigenvalue weighted by atomic mass is 15.2. The summed E-state index contributed by atoms with van der Waals surface area (Å²) in [6.07, 6.45) is 7.92. The molecule has 2 heteroatoms. The predicted octanol–water partition coefficient (Wildman–Crippen LogP) is 2.24. The van der Waals surface area contributed by atoms with E-state index in [-0.39, 0.29) is 0 Å². The van der Waals surface area contributed by atoms with Crippen LogP contribution >= 0.6 is 0 Å². The zero-order valence-corrected chi connectivity index (χ0v) is 9.25. The van der Waals surface area contributed by atoms with Crippen LogP contribution in [-0.2, 0) is 0 Å². The fraction of sp³-hybridized carbons (Fsp3) is 0.583. The van der Waals surface area contributed by atoms with Crippen LogP contribution in [0.15, 0.2) is 28.8 Å². The third-order valence-corrected chi connectivity index (χ3v) is 2.88. The summed E-state index contributed by atoms with van der Waals surface area (Å²) < 4.78 is 0. The van der Waals surface area contributed by atoms with E-state index >= 15 is 0 Å². The summed E-state index contributed by atoms with van der Waals surface area (Å²) in [6.45, 7) is 6.53. The molecule has 2 aliphatic rings. The molecule has 0 N–H and O–H groups in total.